The lowest BCUT2D eigenvalue weighted by Gasteiger charge is -2.31. The third-order valence-electron chi connectivity index (χ3n) is 3.51. The number of rotatable bonds is 4. The summed E-state index contributed by atoms with van der Waals surface area (Å²) in [5, 5.41) is 14.8. The van der Waals surface area contributed by atoms with E-state index in [2.05, 4.69) is 11.6 Å². The molecule has 19 heavy (non-hydrogen) atoms. The van der Waals surface area contributed by atoms with Crippen LogP contribution < -0.4 is 11.1 Å². The van der Waals surface area contributed by atoms with Crippen molar-refractivity contribution < 1.29 is 4.92 Å². The number of non-ortho nitro benzene ring substituents is 1. The summed E-state index contributed by atoms with van der Waals surface area (Å²) in [6, 6.07) is 5.07. The summed E-state index contributed by atoms with van der Waals surface area (Å²) in [7, 11) is 0. The fourth-order valence-electron chi connectivity index (χ4n) is 2.58. The van der Waals surface area contributed by atoms with Gasteiger partial charge in [-0.1, -0.05) is 12.8 Å². The van der Waals surface area contributed by atoms with Gasteiger partial charge in [-0.3, -0.25) is 10.1 Å². The first-order valence-electron chi connectivity index (χ1n) is 6.44. The van der Waals surface area contributed by atoms with E-state index in [9.17, 15) is 10.1 Å². The molecule has 5 nitrogen and oxygen atoms in total. The molecule has 2 unspecified atom stereocenters. The van der Waals surface area contributed by atoms with Gasteiger partial charge in [0.15, 0.2) is 0 Å². The highest BCUT2D eigenvalue weighted by Crippen LogP contribution is 2.31. The number of nitro benzene ring substituents is 1. The first-order chi connectivity index (χ1) is 9.10. The first kappa shape index (κ1) is 14.0. The number of benzene rings is 1. The minimum Gasteiger partial charge on any atom is -0.398 e. The van der Waals surface area contributed by atoms with Gasteiger partial charge in [0, 0.05) is 34.8 Å². The molecule has 1 aromatic carbocycles. The van der Waals surface area contributed by atoms with Gasteiger partial charge in [-0.25, -0.2) is 0 Å². The van der Waals surface area contributed by atoms with Gasteiger partial charge < -0.3 is 11.1 Å². The number of hydrogen-bond donors (Lipinski definition) is 2. The zero-order valence-corrected chi connectivity index (χ0v) is 11.8. The molecular weight excluding hydrogens is 262 g/mol. The monoisotopic (exact) mass is 281 g/mol. The van der Waals surface area contributed by atoms with E-state index in [-0.39, 0.29) is 5.69 Å². The van der Waals surface area contributed by atoms with Crippen LogP contribution in [-0.4, -0.2) is 22.5 Å². The van der Waals surface area contributed by atoms with Gasteiger partial charge >= 0.3 is 0 Å². The van der Waals surface area contributed by atoms with E-state index in [1.807, 2.05) is 11.8 Å². The number of nitro groups is 1. The topological polar surface area (TPSA) is 81.2 Å². The molecule has 0 aromatic heterocycles. The smallest absolute Gasteiger partial charge is 0.273 e. The van der Waals surface area contributed by atoms with E-state index in [1.165, 1.54) is 25.3 Å². The minimum atomic E-state index is -0.408. The lowest BCUT2D eigenvalue weighted by molar-refractivity contribution is -0.384. The van der Waals surface area contributed by atoms with Crippen molar-refractivity contribution in [3.63, 3.8) is 0 Å². The summed E-state index contributed by atoms with van der Waals surface area (Å²) < 4.78 is 0. The number of thioether (sulfide) groups is 1. The summed E-state index contributed by atoms with van der Waals surface area (Å²) in [5.74, 6) is 0. The maximum atomic E-state index is 10.8. The van der Waals surface area contributed by atoms with Crippen LogP contribution in [0.4, 0.5) is 17.1 Å². The molecule has 0 saturated heterocycles. The lowest BCUT2D eigenvalue weighted by Crippen LogP contribution is -2.34. The van der Waals surface area contributed by atoms with Crippen molar-refractivity contribution in [2.75, 3.05) is 17.3 Å². The van der Waals surface area contributed by atoms with Crippen LogP contribution in [0.5, 0.6) is 0 Å². The normalized spacial score (nSPS) is 23.0. The number of nitrogen functional groups attached to an aromatic ring is 1. The molecule has 3 N–H and O–H groups in total. The third kappa shape index (κ3) is 3.53. The summed E-state index contributed by atoms with van der Waals surface area (Å²) in [6.45, 7) is 0. The van der Waals surface area contributed by atoms with Crippen LogP contribution in [0, 0.1) is 10.1 Å². The van der Waals surface area contributed by atoms with Crippen molar-refractivity contribution in [3.8, 4) is 0 Å². The molecule has 0 bridgehead atoms. The molecule has 1 fully saturated rings. The molecule has 0 radical (unpaired) electrons. The minimum absolute atomic E-state index is 0.0408. The molecule has 104 valence electrons. The highest BCUT2D eigenvalue weighted by molar-refractivity contribution is 7.99. The highest BCUT2D eigenvalue weighted by Gasteiger charge is 2.24. The first-order valence-corrected chi connectivity index (χ1v) is 7.73. The average molecular weight is 281 g/mol. The second-order valence-electron chi connectivity index (χ2n) is 4.88. The number of nitrogens with two attached hydrogens (primary N) is 1. The van der Waals surface area contributed by atoms with E-state index < -0.39 is 4.92 Å². The molecule has 0 aliphatic heterocycles. The Hall–Kier alpha value is -1.43. The molecule has 0 amide bonds. The number of anilines is 2. The molecule has 0 spiro atoms. The van der Waals surface area contributed by atoms with Crippen molar-refractivity contribution in [2.24, 2.45) is 0 Å². The van der Waals surface area contributed by atoms with E-state index in [4.69, 9.17) is 5.73 Å². The van der Waals surface area contributed by atoms with Crippen LogP contribution in [0.3, 0.4) is 0 Å². The van der Waals surface area contributed by atoms with E-state index in [1.54, 1.807) is 12.1 Å². The predicted octanol–water partition coefficient (Wildman–Crippen LogP) is 3.26. The third-order valence-corrected chi connectivity index (χ3v) is 4.68. The van der Waals surface area contributed by atoms with Crippen LogP contribution in [-0.2, 0) is 0 Å². The molecule has 1 aromatic rings. The molecular formula is C13H19N3O2S. The SMILES string of the molecule is CSC1CCCCC1Nc1cc(N)cc([N+](=O)[O-])c1. The molecule has 1 aliphatic carbocycles. The van der Waals surface area contributed by atoms with Crippen LogP contribution in [0.25, 0.3) is 0 Å². The molecule has 2 atom stereocenters. The Bertz CT molecular complexity index is 467. The van der Waals surface area contributed by atoms with Gasteiger partial charge in [-0.15, -0.1) is 0 Å². The van der Waals surface area contributed by atoms with Crippen molar-refractivity contribution >= 4 is 28.8 Å². The average Bonchev–Trinajstić information content (AvgIpc) is 2.38. The second kappa shape index (κ2) is 6.14. The van der Waals surface area contributed by atoms with Gasteiger partial charge in [0.05, 0.1) is 4.92 Å². The Morgan fingerprint density at radius 3 is 2.79 bits per heavy atom. The number of hydrogen-bond acceptors (Lipinski definition) is 5. The summed E-state index contributed by atoms with van der Waals surface area (Å²) in [4.78, 5) is 10.4. The van der Waals surface area contributed by atoms with Crippen LogP contribution >= 0.6 is 11.8 Å². The maximum absolute atomic E-state index is 10.8. The largest absolute Gasteiger partial charge is 0.398 e. The van der Waals surface area contributed by atoms with Gasteiger partial charge in [-0.2, -0.15) is 11.8 Å². The quantitative estimate of drug-likeness (QED) is 0.503. The van der Waals surface area contributed by atoms with E-state index in [0.717, 1.165) is 12.1 Å². The van der Waals surface area contributed by atoms with Gasteiger partial charge in [0.2, 0.25) is 0 Å². The molecule has 6 heteroatoms. The second-order valence-corrected chi connectivity index (χ2v) is 5.96. The fourth-order valence-corrected chi connectivity index (χ4v) is 3.52. The molecule has 1 aliphatic rings. The summed E-state index contributed by atoms with van der Waals surface area (Å²) >= 11 is 1.86. The Morgan fingerprint density at radius 1 is 1.37 bits per heavy atom. The van der Waals surface area contributed by atoms with E-state index in [0.29, 0.717) is 17.0 Å². The zero-order valence-electron chi connectivity index (χ0n) is 11.0. The van der Waals surface area contributed by atoms with Crippen molar-refractivity contribution in [3.05, 3.63) is 28.3 Å². The number of nitrogens with one attached hydrogen (secondary N) is 1. The fraction of sp³-hybridized carbons (Fsp3) is 0.538. The van der Waals surface area contributed by atoms with Crippen LogP contribution in [0.1, 0.15) is 25.7 Å². The Labute approximate surface area is 117 Å². The number of nitrogens with zero attached hydrogens (tertiary/aromatic N) is 1. The lowest BCUT2D eigenvalue weighted by atomic mass is 9.94. The van der Waals surface area contributed by atoms with Crippen molar-refractivity contribution in [1.82, 2.24) is 0 Å². The van der Waals surface area contributed by atoms with Gasteiger partial charge in [0.25, 0.3) is 5.69 Å². The van der Waals surface area contributed by atoms with Gasteiger partial charge in [0.1, 0.15) is 0 Å². The highest BCUT2D eigenvalue weighted by atomic mass is 32.2. The van der Waals surface area contributed by atoms with Crippen LogP contribution in [0.2, 0.25) is 0 Å². The van der Waals surface area contributed by atoms with E-state index >= 15 is 0 Å². The predicted molar refractivity (Wildman–Crippen MR) is 80.7 cm³/mol. The Kier molecular flexibility index (Phi) is 4.52. The molecule has 1 saturated carbocycles. The standard InChI is InChI=1S/C13H19N3O2S/c1-19-13-5-3-2-4-12(13)15-10-6-9(14)7-11(8-10)16(17)18/h6-8,12-13,15H,2-5,14H2,1H3. The maximum Gasteiger partial charge on any atom is 0.273 e. The van der Waals surface area contributed by atoms with Crippen molar-refractivity contribution in [2.45, 2.75) is 37.0 Å². The zero-order chi connectivity index (χ0) is 13.8. The van der Waals surface area contributed by atoms with Gasteiger partial charge in [-0.05, 0) is 25.2 Å². The Balaban J connectivity index is 2.15. The molecule has 2 rings (SSSR count). The van der Waals surface area contributed by atoms with Crippen molar-refractivity contribution in [1.29, 1.82) is 0 Å². The van der Waals surface area contributed by atoms with Crippen LogP contribution in [0.15, 0.2) is 18.2 Å². The Morgan fingerprint density at radius 2 is 2.11 bits per heavy atom. The summed E-state index contributed by atoms with van der Waals surface area (Å²) in [5.41, 5.74) is 6.93. The molecule has 0 heterocycles. The summed E-state index contributed by atoms with van der Waals surface area (Å²) in [6.07, 6.45) is 6.89.